The Bertz CT molecular complexity index is 458. The molecule has 0 saturated heterocycles. The highest BCUT2D eigenvalue weighted by Gasteiger charge is 2.03. The third-order valence-corrected chi connectivity index (χ3v) is 2.83. The monoisotopic (exact) mass is 334 g/mol. The Morgan fingerprint density at radius 1 is 1.43 bits per heavy atom. The largest absolute Gasteiger partial charge is 0.475 e. The number of rotatable bonds is 9. The molecule has 0 fully saturated rings. The van der Waals surface area contributed by atoms with Gasteiger partial charge in [-0.25, -0.2) is 4.98 Å². The van der Waals surface area contributed by atoms with E-state index in [0.29, 0.717) is 48.2 Å². The Hall–Kier alpha value is -1.24. The summed E-state index contributed by atoms with van der Waals surface area (Å²) in [6.07, 6.45) is 2.32. The maximum atomic E-state index is 5.93. The first-order valence-electron chi connectivity index (χ1n) is 6.69. The van der Waals surface area contributed by atoms with Crippen molar-refractivity contribution in [1.82, 2.24) is 10.3 Å². The van der Waals surface area contributed by atoms with Gasteiger partial charge in [0, 0.05) is 26.0 Å². The fourth-order valence-corrected chi connectivity index (χ4v) is 1.84. The normalized spacial score (nSPS) is 11.5. The van der Waals surface area contributed by atoms with Crippen LogP contribution in [0.5, 0.6) is 5.88 Å². The second-order valence-electron chi connectivity index (χ2n) is 4.03. The molecule has 21 heavy (non-hydrogen) atoms. The minimum Gasteiger partial charge on any atom is -0.475 e. The van der Waals surface area contributed by atoms with Gasteiger partial charge < -0.3 is 20.5 Å². The summed E-state index contributed by atoms with van der Waals surface area (Å²) in [4.78, 5) is 8.14. The average molecular weight is 335 g/mol. The van der Waals surface area contributed by atoms with Gasteiger partial charge in [-0.2, -0.15) is 0 Å². The predicted molar refractivity (Wildman–Crippen MR) is 85.4 cm³/mol. The maximum Gasteiger partial charge on any atom is 0.232 e. The van der Waals surface area contributed by atoms with Gasteiger partial charge >= 0.3 is 0 Å². The smallest absolute Gasteiger partial charge is 0.232 e. The summed E-state index contributed by atoms with van der Waals surface area (Å²) in [7, 11) is 0. The third kappa shape index (κ3) is 7.94. The highest BCUT2D eigenvalue weighted by atomic mass is 35.5. The molecular weight excluding hydrogens is 315 g/mol. The number of nitrogens with zero attached hydrogens (tertiary/aromatic N) is 2. The van der Waals surface area contributed by atoms with E-state index in [1.807, 2.05) is 6.92 Å². The molecule has 1 rings (SSSR count). The average Bonchev–Trinajstić information content (AvgIpc) is 2.45. The summed E-state index contributed by atoms with van der Waals surface area (Å²) in [5.41, 5.74) is 5.70. The fourth-order valence-electron chi connectivity index (χ4n) is 1.40. The van der Waals surface area contributed by atoms with Gasteiger partial charge in [-0.3, -0.25) is 4.99 Å². The molecule has 0 bridgehead atoms. The molecule has 1 heterocycles. The number of hydrogen-bond donors (Lipinski definition) is 2. The lowest BCUT2D eigenvalue weighted by atomic mass is 10.4. The number of halogens is 2. The van der Waals surface area contributed by atoms with Gasteiger partial charge in [-0.1, -0.05) is 23.2 Å². The number of nitrogens with one attached hydrogen (secondary N) is 1. The molecule has 6 nitrogen and oxygen atoms in total. The SMILES string of the molecule is CCOCCCN=C(N)NCCOc1ncc(Cl)cc1Cl. The minimum absolute atomic E-state index is 0.343. The lowest BCUT2D eigenvalue weighted by Gasteiger charge is -2.08. The van der Waals surface area contributed by atoms with E-state index in [9.17, 15) is 0 Å². The molecule has 0 unspecified atom stereocenters. The zero-order chi connectivity index (χ0) is 15.5. The van der Waals surface area contributed by atoms with E-state index >= 15 is 0 Å². The van der Waals surface area contributed by atoms with Crippen LogP contribution in [0.25, 0.3) is 0 Å². The van der Waals surface area contributed by atoms with Crippen LogP contribution in [0.2, 0.25) is 10.0 Å². The van der Waals surface area contributed by atoms with Crippen LogP contribution in [0.15, 0.2) is 17.3 Å². The maximum absolute atomic E-state index is 5.93. The first-order chi connectivity index (χ1) is 10.1. The Kier molecular flexibility index (Phi) is 8.89. The summed E-state index contributed by atoms with van der Waals surface area (Å²) in [5, 5.41) is 3.78. The summed E-state index contributed by atoms with van der Waals surface area (Å²) in [6.45, 7) is 4.86. The summed E-state index contributed by atoms with van der Waals surface area (Å²) in [6, 6.07) is 1.58. The van der Waals surface area contributed by atoms with Crippen LogP contribution < -0.4 is 15.8 Å². The van der Waals surface area contributed by atoms with Crippen molar-refractivity contribution in [3.8, 4) is 5.88 Å². The standard InChI is InChI=1S/C13H20Cl2N4O2/c1-2-20-6-3-4-17-13(16)18-5-7-21-12-11(15)8-10(14)9-19-12/h8-9H,2-7H2,1H3,(H3,16,17,18). The van der Waals surface area contributed by atoms with Crippen molar-refractivity contribution in [3.63, 3.8) is 0 Å². The zero-order valence-corrected chi connectivity index (χ0v) is 13.5. The molecule has 3 N–H and O–H groups in total. The Morgan fingerprint density at radius 2 is 2.24 bits per heavy atom. The predicted octanol–water partition coefficient (Wildman–Crippen LogP) is 2.10. The van der Waals surface area contributed by atoms with Crippen molar-refractivity contribution in [2.45, 2.75) is 13.3 Å². The Labute approximate surface area is 134 Å². The molecule has 0 saturated carbocycles. The molecule has 0 atom stereocenters. The van der Waals surface area contributed by atoms with Gasteiger partial charge in [0.1, 0.15) is 11.6 Å². The highest BCUT2D eigenvalue weighted by molar-refractivity contribution is 6.35. The van der Waals surface area contributed by atoms with Crippen LogP contribution in [-0.2, 0) is 4.74 Å². The van der Waals surface area contributed by atoms with Crippen LogP contribution >= 0.6 is 23.2 Å². The second kappa shape index (κ2) is 10.5. The molecule has 0 radical (unpaired) electrons. The number of ether oxygens (including phenoxy) is 2. The van der Waals surface area contributed by atoms with Gasteiger partial charge in [-0.15, -0.1) is 0 Å². The van der Waals surface area contributed by atoms with E-state index in [0.717, 1.165) is 13.0 Å². The van der Waals surface area contributed by atoms with Crippen molar-refractivity contribution in [2.24, 2.45) is 10.7 Å². The lowest BCUT2D eigenvalue weighted by molar-refractivity contribution is 0.146. The van der Waals surface area contributed by atoms with Gasteiger partial charge in [0.2, 0.25) is 5.88 Å². The first-order valence-corrected chi connectivity index (χ1v) is 7.44. The number of pyridine rings is 1. The zero-order valence-electron chi connectivity index (χ0n) is 11.9. The Balaban J connectivity index is 2.16. The van der Waals surface area contributed by atoms with Crippen LogP contribution in [-0.4, -0.2) is 43.9 Å². The molecule has 1 aromatic rings. The molecule has 0 aliphatic carbocycles. The molecule has 1 aromatic heterocycles. The number of nitrogens with two attached hydrogens (primary N) is 1. The molecular formula is C13H20Cl2N4O2. The van der Waals surface area contributed by atoms with Crippen molar-refractivity contribution >= 4 is 29.2 Å². The molecule has 0 aliphatic rings. The summed E-state index contributed by atoms with van der Waals surface area (Å²) in [5.74, 6) is 0.723. The fraction of sp³-hybridized carbons (Fsp3) is 0.538. The molecule has 118 valence electrons. The molecule has 0 aliphatic heterocycles. The number of aliphatic imine (C=N–C) groups is 1. The minimum atomic E-state index is 0.343. The quantitative estimate of drug-likeness (QED) is 0.410. The number of hydrogen-bond acceptors (Lipinski definition) is 4. The van der Waals surface area contributed by atoms with Crippen molar-refractivity contribution in [1.29, 1.82) is 0 Å². The second-order valence-corrected chi connectivity index (χ2v) is 4.88. The van der Waals surface area contributed by atoms with Crippen molar-refractivity contribution in [2.75, 3.05) is 32.9 Å². The van der Waals surface area contributed by atoms with Gasteiger partial charge in [0.25, 0.3) is 0 Å². The van der Waals surface area contributed by atoms with Crippen LogP contribution in [0.3, 0.4) is 0 Å². The third-order valence-electron chi connectivity index (χ3n) is 2.35. The number of guanidine groups is 1. The van der Waals surface area contributed by atoms with E-state index < -0.39 is 0 Å². The van der Waals surface area contributed by atoms with Crippen LogP contribution in [0, 0.1) is 0 Å². The summed E-state index contributed by atoms with van der Waals surface area (Å²) < 4.78 is 10.6. The van der Waals surface area contributed by atoms with Crippen molar-refractivity contribution < 1.29 is 9.47 Å². The van der Waals surface area contributed by atoms with Gasteiger partial charge in [0.15, 0.2) is 5.96 Å². The summed E-state index contributed by atoms with van der Waals surface area (Å²) >= 11 is 11.7. The van der Waals surface area contributed by atoms with Crippen molar-refractivity contribution in [3.05, 3.63) is 22.3 Å². The molecule has 8 heteroatoms. The van der Waals surface area contributed by atoms with E-state index in [2.05, 4.69) is 15.3 Å². The lowest BCUT2D eigenvalue weighted by Crippen LogP contribution is -2.35. The van der Waals surface area contributed by atoms with E-state index in [4.69, 9.17) is 38.4 Å². The molecule has 0 aromatic carbocycles. The van der Waals surface area contributed by atoms with Gasteiger partial charge in [-0.05, 0) is 19.4 Å². The Morgan fingerprint density at radius 3 is 2.95 bits per heavy atom. The number of aromatic nitrogens is 1. The van der Waals surface area contributed by atoms with Crippen LogP contribution in [0.4, 0.5) is 0 Å². The van der Waals surface area contributed by atoms with E-state index in [1.165, 1.54) is 6.20 Å². The van der Waals surface area contributed by atoms with Crippen LogP contribution in [0.1, 0.15) is 13.3 Å². The molecule has 0 spiro atoms. The van der Waals surface area contributed by atoms with Gasteiger partial charge in [0.05, 0.1) is 11.6 Å². The van der Waals surface area contributed by atoms with E-state index in [1.54, 1.807) is 6.07 Å². The first kappa shape index (κ1) is 17.8. The topological polar surface area (TPSA) is 81.8 Å². The molecule has 0 amide bonds. The highest BCUT2D eigenvalue weighted by Crippen LogP contribution is 2.24. The van der Waals surface area contributed by atoms with E-state index in [-0.39, 0.29) is 0 Å².